The number of ether oxygens (including phenoxy) is 2. The van der Waals surface area contributed by atoms with Crippen LogP contribution < -0.4 is 14.4 Å². The maximum absolute atomic E-state index is 13.0. The number of aliphatic hydroxyl groups is 1. The fourth-order valence-electron chi connectivity index (χ4n) is 3.97. The van der Waals surface area contributed by atoms with E-state index in [-0.39, 0.29) is 24.9 Å². The second kappa shape index (κ2) is 6.30. The van der Waals surface area contributed by atoms with Gasteiger partial charge in [-0.05, 0) is 18.2 Å². The number of hydrogen-bond acceptors (Lipinski definition) is 5. The van der Waals surface area contributed by atoms with Gasteiger partial charge in [0.2, 0.25) is 0 Å². The van der Waals surface area contributed by atoms with Gasteiger partial charge in [-0.15, -0.1) is 0 Å². The van der Waals surface area contributed by atoms with Crippen LogP contribution in [0.5, 0.6) is 11.5 Å². The summed E-state index contributed by atoms with van der Waals surface area (Å²) in [7, 11) is 1.57. The van der Waals surface area contributed by atoms with Crippen molar-refractivity contribution in [2.75, 3.05) is 38.3 Å². The summed E-state index contributed by atoms with van der Waals surface area (Å²) in [5, 5.41) is 10.1. The molecular formula is C19H19F3N2O3. The van der Waals surface area contributed by atoms with Crippen LogP contribution in [0.1, 0.15) is 17.0 Å². The molecule has 0 unspecified atom stereocenters. The number of rotatable bonds is 3. The van der Waals surface area contributed by atoms with Gasteiger partial charge in [0, 0.05) is 36.8 Å². The lowest BCUT2D eigenvalue weighted by molar-refractivity contribution is -0.137. The molecule has 144 valence electrons. The number of anilines is 1. The highest BCUT2D eigenvalue weighted by molar-refractivity contribution is 5.51. The Morgan fingerprint density at radius 1 is 1.33 bits per heavy atom. The molecule has 2 aliphatic rings. The zero-order chi connectivity index (χ0) is 19.2. The lowest BCUT2D eigenvalue weighted by Crippen LogP contribution is -2.42. The largest absolute Gasteiger partial charge is 0.497 e. The number of benzene rings is 1. The topological polar surface area (TPSA) is 54.8 Å². The van der Waals surface area contributed by atoms with E-state index in [4.69, 9.17) is 9.47 Å². The number of methoxy groups -OCH3 is 1. The molecule has 0 aliphatic carbocycles. The number of nitrogens with zero attached hydrogens (tertiary/aromatic N) is 2. The first kappa shape index (κ1) is 17.9. The minimum absolute atomic E-state index is 0.0755. The fraction of sp³-hybridized carbons (Fsp3) is 0.421. The van der Waals surface area contributed by atoms with E-state index in [9.17, 15) is 18.3 Å². The first-order valence-electron chi connectivity index (χ1n) is 8.56. The number of halogens is 3. The molecule has 27 heavy (non-hydrogen) atoms. The summed E-state index contributed by atoms with van der Waals surface area (Å²) < 4.78 is 50.2. The van der Waals surface area contributed by atoms with Gasteiger partial charge in [-0.3, -0.25) is 0 Å². The minimum Gasteiger partial charge on any atom is -0.497 e. The number of hydrogen-bond donors (Lipinski definition) is 1. The van der Waals surface area contributed by atoms with Gasteiger partial charge in [-0.25, -0.2) is 4.98 Å². The molecule has 0 amide bonds. The van der Waals surface area contributed by atoms with E-state index in [2.05, 4.69) is 4.98 Å². The summed E-state index contributed by atoms with van der Waals surface area (Å²) in [6.45, 7) is 0.980. The highest BCUT2D eigenvalue weighted by Gasteiger charge is 2.51. The summed E-state index contributed by atoms with van der Waals surface area (Å²) >= 11 is 0. The zero-order valence-electron chi connectivity index (χ0n) is 14.7. The summed E-state index contributed by atoms with van der Waals surface area (Å²) in [5.74, 6) is 1.53. The fourth-order valence-corrected chi connectivity index (χ4v) is 3.97. The Morgan fingerprint density at radius 3 is 2.85 bits per heavy atom. The van der Waals surface area contributed by atoms with E-state index < -0.39 is 17.2 Å². The van der Waals surface area contributed by atoms with Gasteiger partial charge in [0.25, 0.3) is 0 Å². The van der Waals surface area contributed by atoms with Crippen molar-refractivity contribution in [2.24, 2.45) is 5.41 Å². The quantitative estimate of drug-likeness (QED) is 0.887. The van der Waals surface area contributed by atoms with Gasteiger partial charge in [0.15, 0.2) is 0 Å². The first-order valence-corrected chi connectivity index (χ1v) is 8.56. The molecule has 8 heteroatoms. The van der Waals surface area contributed by atoms with Crippen molar-refractivity contribution in [1.82, 2.24) is 4.98 Å². The number of alkyl halides is 3. The Morgan fingerprint density at radius 2 is 2.15 bits per heavy atom. The average molecular weight is 380 g/mol. The van der Waals surface area contributed by atoms with Crippen LogP contribution in [-0.2, 0) is 6.18 Å². The van der Waals surface area contributed by atoms with E-state index in [0.717, 1.165) is 17.7 Å². The van der Waals surface area contributed by atoms with Crippen molar-refractivity contribution in [1.29, 1.82) is 0 Å². The second-order valence-corrected chi connectivity index (χ2v) is 7.05. The van der Waals surface area contributed by atoms with Gasteiger partial charge in [-0.2, -0.15) is 13.2 Å². The Bertz CT molecular complexity index is 858. The minimum atomic E-state index is -4.43. The van der Waals surface area contributed by atoms with E-state index in [1.807, 2.05) is 12.1 Å². The summed E-state index contributed by atoms with van der Waals surface area (Å²) in [6.07, 6.45) is -3.26. The molecule has 0 bridgehead atoms. The molecule has 1 N–H and O–H groups in total. The van der Waals surface area contributed by atoms with Crippen molar-refractivity contribution in [2.45, 2.75) is 12.1 Å². The van der Waals surface area contributed by atoms with Crippen molar-refractivity contribution < 1.29 is 27.8 Å². The van der Waals surface area contributed by atoms with E-state index >= 15 is 0 Å². The molecule has 0 saturated carbocycles. The Labute approximate surface area is 154 Å². The van der Waals surface area contributed by atoms with E-state index in [1.54, 1.807) is 18.1 Å². The maximum Gasteiger partial charge on any atom is 0.416 e. The zero-order valence-corrected chi connectivity index (χ0v) is 14.7. The molecule has 5 nitrogen and oxygen atoms in total. The van der Waals surface area contributed by atoms with Gasteiger partial charge in [0.05, 0.1) is 31.3 Å². The van der Waals surface area contributed by atoms with Crippen LogP contribution in [0, 0.1) is 5.41 Å². The van der Waals surface area contributed by atoms with Gasteiger partial charge in [-0.1, -0.05) is 6.07 Å². The molecule has 1 saturated heterocycles. The van der Waals surface area contributed by atoms with Crippen LogP contribution in [0.3, 0.4) is 0 Å². The summed E-state index contributed by atoms with van der Waals surface area (Å²) in [5.41, 5.74) is -0.398. The van der Waals surface area contributed by atoms with Crippen molar-refractivity contribution in [3.05, 3.63) is 47.7 Å². The third-order valence-electron chi connectivity index (χ3n) is 5.47. The predicted octanol–water partition coefficient (Wildman–Crippen LogP) is 3.08. The molecular weight excluding hydrogens is 361 g/mol. The SMILES string of the molecule is COc1ccc2c(c1)OC[C@@]1(CO)CN(c3cc(C(F)(F)F)ccn3)C[C@@H]21. The third-order valence-corrected chi connectivity index (χ3v) is 5.47. The molecule has 1 aromatic heterocycles. The molecule has 1 fully saturated rings. The van der Waals surface area contributed by atoms with Crippen LogP contribution in [0.2, 0.25) is 0 Å². The summed E-state index contributed by atoms with van der Waals surface area (Å²) in [4.78, 5) is 5.92. The van der Waals surface area contributed by atoms with Crippen LogP contribution in [0.4, 0.5) is 19.0 Å². The second-order valence-electron chi connectivity index (χ2n) is 7.05. The maximum atomic E-state index is 13.0. The van der Waals surface area contributed by atoms with Crippen molar-refractivity contribution >= 4 is 5.82 Å². The monoisotopic (exact) mass is 380 g/mol. The molecule has 2 atom stereocenters. The van der Waals surface area contributed by atoms with Crippen LogP contribution in [-0.4, -0.2) is 43.5 Å². The predicted molar refractivity (Wildman–Crippen MR) is 92.2 cm³/mol. The standard InChI is InChI=1S/C19H19F3N2O3/c1-26-13-2-3-14-15-8-24(9-18(15,10-25)11-27-16(14)7-13)17-6-12(4-5-23-17)19(20,21)22/h2-7,15,25H,8-11H2,1H3/t15-,18-/m0/s1. The van der Waals surface area contributed by atoms with E-state index in [1.165, 1.54) is 6.20 Å². The highest BCUT2D eigenvalue weighted by Crippen LogP contribution is 2.50. The third kappa shape index (κ3) is 2.97. The Balaban J connectivity index is 1.69. The molecule has 2 aromatic rings. The van der Waals surface area contributed by atoms with Crippen LogP contribution >= 0.6 is 0 Å². The van der Waals surface area contributed by atoms with Gasteiger partial charge >= 0.3 is 6.18 Å². The summed E-state index contributed by atoms with van der Waals surface area (Å²) in [6, 6.07) is 7.52. The molecule has 0 radical (unpaired) electrons. The molecule has 3 heterocycles. The van der Waals surface area contributed by atoms with Crippen LogP contribution in [0.25, 0.3) is 0 Å². The highest BCUT2D eigenvalue weighted by atomic mass is 19.4. The average Bonchev–Trinajstić information content (AvgIpc) is 3.08. The molecule has 1 aromatic carbocycles. The normalized spacial score (nSPS) is 24.2. The van der Waals surface area contributed by atoms with Crippen molar-refractivity contribution in [3.63, 3.8) is 0 Å². The number of aromatic nitrogens is 1. The van der Waals surface area contributed by atoms with Crippen molar-refractivity contribution in [3.8, 4) is 11.5 Å². The Kier molecular flexibility index (Phi) is 4.18. The Hall–Kier alpha value is -2.48. The molecule has 2 aliphatic heterocycles. The number of fused-ring (bicyclic) bond motifs is 3. The smallest absolute Gasteiger partial charge is 0.416 e. The van der Waals surface area contributed by atoms with E-state index in [0.29, 0.717) is 24.6 Å². The van der Waals surface area contributed by atoms with Gasteiger partial charge in [0.1, 0.15) is 17.3 Å². The molecule has 4 rings (SSSR count). The van der Waals surface area contributed by atoms with Gasteiger partial charge < -0.3 is 19.5 Å². The number of aliphatic hydroxyl groups excluding tert-OH is 1. The lowest BCUT2D eigenvalue weighted by Gasteiger charge is -2.37. The number of pyridine rings is 1. The first-order chi connectivity index (χ1) is 12.9. The van der Waals surface area contributed by atoms with Crippen LogP contribution in [0.15, 0.2) is 36.5 Å². The lowest BCUT2D eigenvalue weighted by atomic mass is 9.74. The molecule has 0 spiro atoms.